The first-order chi connectivity index (χ1) is 12.7. The summed E-state index contributed by atoms with van der Waals surface area (Å²) in [5.41, 5.74) is 1.70. The fourth-order valence-corrected chi connectivity index (χ4v) is 2.51. The van der Waals surface area contributed by atoms with Crippen LogP contribution in [0.25, 0.3) is 11.5 Å². The number of rotatable bonds is 7. The topological polar surface area (TPSA) is 98.6 Å². The number of hydrogen-bond donors (Lipinski definition) is 2. The molecule has 0 unspecified atom stereocenters. The summed E-state index contributed by atoms with van der Waals surface area (Å²) < 4.78 is 21.2. The van der Waals surface area contributed by atoms with E-state index in [1.54, 1.807) is 50.8 Å². The van der Waals surface area contributed by atoms with Crippen molar-refractivity contribution in [1.29, 1.82) is 0 Å². The van der Waals surface area contributed by atoms with Crippen LogP contribution in [-0.4, -0.2) is 37.4 Å². The molecule has 8 heteroatoms. The Kier molecular flexibility index (Phi) is 5.12. The Bertz CT molecular complexity index is 861. The average molecular weight is 357 g/mol. The number of aromatic amines is 1. The number of nitrogens with one attached hydrogen (secondary N) is 2. The summed E-state index contributed by atoms with van der Waals surface area (Å²) in [5, 5.41) is 9.60. The standard InChI is InChI=1S/C18H19N3O5/c1-23-15-7-11(8-16(24-2)17(15)25-3)10-19-18(22)13-9-12(20-21-13)14-5-4-6-26-14/h4-9H,10H2,1-3H3,(H,19,22)(H,20,21). The summed E-state index contributed by atoms with van der Waals surface area (Å²) in [6.07, 6.45) is 1.56. The van der Waals surface area contributed by atoms with Gasteiger partial charge in [0.1, 0.15) is 5.69 Å². The maximum absolute atomic E-state index is 12.3. The summed E-state index contributed by atoms with van der Waals surface area (Å²) in [7, 11) is 4.62. The molecule has 0 atom stereocenters. The van der Waals surface area contributed by atoms with Crippen molar-refractivity contribution in [1.82, 2.24) is 15.5 Å². The van der Waals surface area contributed by atoms with Crippen LogP contribution in [-0.2, 0) is 6.54 Å². The van der Waals surface area contributed by atoms with Crippen molar-refractivity contribution in [2.45, 2.75) is 6.54 Å². The number of carbonyl (C=O) groups excluding carboxylic acids is 1. The molecule has 0 spiro atoms. The van der Waals surface area contributed by atoms with Crippen LogP contribution in [0.3, 0.4) is 0 Å². The monoisotopic (exact) mass is 357 g/mol. The van der Waals surface area contributed by atoms with E-state index in [2.05, 4.69) is 15.5 Å². The van der Waals surface area contributed by atoms with Gasteiger partial charge in [-0.3, -0.25) is 9.89 Å². The maximum Gasteiger partial charge on any atom is 0.272 e. The van der Waals surface area contributed by atoms with Crippen molar-refractivity contribution < 1.29 is 23.4 Å². The highest BCUT2D eigenvalue weighted by Gasteiger charge is 2.15. The highest BCUT2D eigenvalue weighted by Crippen LogP contribution is 2.38. The number of furan rings is 1. The third kappa shape index (κ3) is 3.49. The lowest BCUT2D eigenvalue weighted by molar-refractivity contribution is 0.0946. The Labute approximate surface area is 150 Å². The molecule has 0 aliphatic rings. The van der Waals surface area contributed by atoms with Gasteiger partial charge in [0.2, 0.25) is 5.75 Å². The Hall–Kier alpha value is -3.42. The lowest BCUT2D eigenvalue weighted by atomic mass is 10.1. The molecule has 0 bridgehead atoms. The van der Waals surface area contributed by atoms with Gasteiger partial charge in [-0.2, -0.15) is 5.10 Å². The van der Waals surface area contributed by atoms with Crippen LogP contribution in [0, 0.1) is 0 Å². The van der Waals surface area contributed by atoms with Gasteiger partial charge in [-0.1, -0.05) is 0 Å². The van der Waals surface area contributed by atoms with Crippen molar-refractivity contribution >= 4 is 5.91 Å². The van der Waals surface area contributed by atoms with E-state index >= 15 is 0 Å². The van der Waals surface area contributed by atoms with Crippen molar-refractivity contribution in [2.24, 2.45) is 0 Å². The van der Waals surface area contributed by atoms with E-state index in [0.29, 0.717) is 28.7 Å². The van der Waals surface area contributed by atoms with E-state index in [-0.39, 0.29) is 18.1 Å². The van der Waals surface area contributed by atoms with Crippen molar-refractivity contribution in [3.63, 3.8) is 0 Å². The fourth-order valence-electron chi connectivity index (χ4n) is 2.51. The molecule has 0 aliphatic heterocycles. The third-order valence-corrected chi connectivity index (χ3v) is 3.77. The molecule has 26 heavy (non-hydrogen) atoms. The second-order valence-electron chi connectivity index (χ2n) is 5.36. The van der Waals surface area contributed by atoms with E-state index in [4.69, 9.17) is 18.6 Å². The lowest BCUT2D eigenvalue weighted by Gasteiger charge is -2.14. The SMILES string of the molecule is COc1cc(CNC(=O)c2cc(-c3ccco3)[nH]n2)cc(OC)c1OC. The zero-order valence-corrected chi connectivity index (χ0v) is 14.7. The number of benzene rings is 1. The van der Waals surface area contributed by atoms with Crippen LogP contribution in [0.4, 0.5) is 0 Å². The minimum Gasteiger partial charge on any atom is -0.493 e. The molecule has 3 aromatic rings. The Morgan fingerprint density at radius 1 is 1.15 bits per heavy atom. The molecule has 1 amide bonds. The number of hydrogen-bond acceptors (Lipinski definition) is 6. The molecule has 136 valence electrons. The maximum atomic E-state index is 12.3. The molecule has 0 radical (unpaired) electrons. The van der Waals surface area contributed by atoms with Gasteiger partial charge >= 0.3 is 0 Å². The summed E-state index contributed by atoms with van der Waals surface area (Å²) in [6.45, 7) is 0.276. The number of nitrogens with zero attached hydrogens (tertiary/aromatic N) is 1. The molecular weight excluding hydrogens is 338 g/mol. The first-order valence-electron chi connectivity index (χ1n) is 7.82. The van der Waals surface area contributed by atoms with E-state index < -0.39 is 0 Å². The minimum atomic E-state index is -0.312. The molecule has 1 aromatic carbocycles. The zero-order chi connectivity index (χ0) is 18.5. The molecule has 0 saturated heterocycles. The Balaban J connectivity index is 1.71. The first kappa shape index (κ1) is 17.4. The third-order valence-electron chi connectivity index (χ3n) is 3.77. The predicted molar refractivity (Wildman–Crippen MR) is 93.6 cm³/mol. The smallest absolute Gasteiger partial charge is 0.272 e. The van der Waals surface area contributed by atoms with Crippen LogP contribution in [0.2, 0.25) is 0 Å². The van der Waals surface area contributed by atoms with Gasteiger partial charge in [0.05, 0.1) is 27.6 Å². The van der Waals surface area contributed by atoms with Gasteiger partial charge in [0, 0.05) is 12.6 Å². The summed E-state index contributed by atoms with van der Waals surface area (Å²) in [4.78, 5) is 12.3. The van der Waals surface area contributed by atoms with Crippen molar-refractivity contribution in [2.75, 3.05) is 21.3 Å². The normalized spacial score (nSPS) is 10.4. The Morgan fingerprint density at radius 3 is 2.46 bits per heavy atom. The molecule has 0 aliphatic carbocycles. The van der Waals surface area contributed by atoms with Crippen LogP contribution >= 0.6 is 0 Å². The van der Waals surface area contributed by atoms with Crippen molar-refractivity contribution in [3.8, 4) is 28.7 Å². The second kappa shape index (κ2) is 7.64. The van der Waals surface area contributed by atoms with E-state index in [1.807, 2.05) is 0 Å². The minimum absolute atomic E-state index is 0.267. The van der Waals surface area contributed by atoms with E-state index in [0.717, 1.165) is 5.56 Å². The van der Waals surface area contributed by atoms with Crippen LogP contribution in [0.5, 0.6) is 17.2 Å². The molecule has 3 rings (SSSR count). The number of amides is 1. The quantitative estimate of drug-likeness (QED) is 0.674. The van der Waals surface area contributed by atoms with Gasteiger partial charge in [0.15, 0.2) is 23.0 Å². The van der Waals surface area contributed by atoms with Gasteiger partial charge in [-0.05, 0) is 29.8 Å². The Morgan fingerprint density at radius 2 is 1.88 bits per heavy atom. The number of carbonyl (C=O) groups is 1. The molecule has 2 heterocycles. The lowest BCUT2D eigenvalue weighted by Crippen LogP contribution is -2.23. The number of ether oxygens (including phenoxy) is 3. The highest BCUT2D eigenvalue weighted by atomic mass is 16.5. The van der Waals surface area contributed by atoms with Crippen LogP contribution in [0.1, 0.15) is 16.1 Å². The van der Waals surface area contributed by atoms with Gasteiger partial charge < -0.3 is 23.9 Å². The summed E-state index contributed by atoms with van der Waals surface area (Å²) in [5.74, 6) is 1.85. The summed E-state index contributed by atoms with van der Waals surface area (Å²) in [6, 6.07) is 8.73. The van der Waals surface area contributed by atoms with Gasteiger partial charge in [-0.15, -0.1) is 0 Å². The number of methoxy groups -OCH3 is 3. The molecular formula is C18H19N3O5. The molecule has 0 fully saturated rings. The second-order valence-corrected chi connectivity index (χ2v) is 5.36. The molecule has 8 nitrogen and oxygen atoms in total. The van der Waals surface area contributed by atoms with Crippen LogP contribution < -0.4 is 19.5 Å². The number of H-pyrrole nitrogens is 1. The summed E-state index contributed by atoms with van der Waals surface area (Å²) >= 11 is 0. The molecule has 0 saturated carbocycles. The highest BCUT2D eigenvalue weighted by molar-refractivity contribution is 5.93. The van der Waals surface area contributed by atoms with Gasteiger partial charge in [0.25, 0.3) is 5.91 Å². The van der Waals surface area contributed by atoms with Gasteiger partial charge in [-0.25, -0.2) is 0 Å². The van der Waals surface area contributed by atoms with Crippen LogP contribution in [0.15, 0.2) is 41.0 Å². The predicted octanol–water partition coefficient (Wildman–Crippen LogP) is 2.63. The number of aromatic nitrogens is 2. The largest absolute Gasteiger partial charge is 0.493 e. The van der Waals surface area contributed by atoms with E-state index in [1.165, 1.54) is 7.11 Å². The fraction of sp³-hybridized carbons (Fsp3) is 0.222. The first-order valence-corrected chi connectivity index (χ1v) is 7.82. The molecule has 2 aromatic heterocycles. The zero-order valence-electron chi connectivity index (χ0n) is 14.7. The molecule has 2 N–H and O–H groups in total. The van der Waals surface area contributed by atoms with E-state index in [9.17, 15) is 4.79 Å². The average Bonchev–Trinajstić information content (AvgIpc) is 3.36. The van der Waals surface area contributed by atoms with Crippen molar-refractivity contribution in [3.05, 3.63) is 47.9 Å².